The van der Waals surface area contributed by atoms with Gasteiger partial charge in [0.15, 0.2) is 0 Å². The fourth-order valence-corrected chi connectivity index (χ4v) is 1.53. The zero-order chi connectivity index (χ0) is 14.4. The second-order valence-electron chi connectivity index (χ2n) is 4.36. The average molecular weight is 264 g/mol. The Morgan fingerprint density at radius 3 is 2.68 bits per heavy atom. The summed E-state index contributed by atoms with van der Waals surface area (Å²) in [6.45, 7) is 1.81. The number of hydrogen-bond acceptors (Lipinski definition) is 4. The Morgan fingerprint density at radius 2 is 2.21 bits per heavy atom. The van der Waals surface area contributed by atoms with Gasteiger partial charge in [0, 0.05) is 19.8 Å². The van der Waals surface area contributed by atoms with Crippen molar-refractivity contribution in [3.05, 3.63) is 29.6 Å². The van der Waals surface area contributed by atoms with Gasteiger partial charge in [-0.3, -0.25) is 0 Å². The van der Waals surface area contributed by atoms with E-state index < -0.39 is 17.9 Å². The van der Waals surface area contributed by atoms with Crippen LogP contribution in [0.4, 0.5) is 10.1 Å². The van der Waals surface area contributed by atoms with Gasteiger partial charge in [0.2, 0.25) is 0 Å². The van der Waals surface area contributed by atoms with Gasteiger partial charge in [-0.05, 0) is 24.6 Å². The van der Waals surface area contributed by atoms with E-state index in [1.54, 1.807) is 32.0 Å². The first-order valence-corrected chi connectivity index (χ1v) is 6.04. The smallest absolute Gasteiger partial charge is 0.341 e. The van der Waals surface area contributed by atoms with Gasteiger partial charge in [-0.2, -0.15) is 5.26 Å². The molecule has 0 radical (unpaired) electrons. The van der Waals surface area contributed by atoms with Crippen LogP contribution in [0.2, 0.25) is 0 Å². The maximum absolute atomic E-state index is 13.8. The van der Waals surface area contributed by atoms with Crippen molar-refractivity contribution in [2.24, 2.45) is 0 Å². The molecule has 1 rings (SSSR count). The number of halogens is 1. The Balaban J connectivity index is 2.86. The Hall–Kier alpha value is -2.09. The van der Waals surface area contributed by atoms with E-state index in [0.29, 0.717) is 12.1 Å². The summed E-state index contributed by atoms with van der Waals surface area (Å²) in [6.07, 6.45) is 0.140. The van der Waals surface area contributed by atoms with Crippen LogP contribution < -0.4 is 4.90 Å². The summed E-state index contributed by atoms with van der Waals surface area (Å²) in [7, 11) is 3.57. The van der Waals surface area contributed by atoms with Crippen molar-refractivity contribution >= 4 is 11.7 Å². The zero-order valence-electron chi connectivity index (χ0n) is 11.3. The van der Waals surface area contributed by atoms with E-state index in [9.17, 15) is 9.18 Å². The van der Waals surface area contributed by atoms with Crippen molar-refractivity contribution in [2.45, 2.75) is 25.9 Å². The van der Waals surface area contributed by atoms with E-state index >= 15 is 0 Å². The normalized spacial score (nSPS) is 11.5. The van der Waals surface area contributed by atoms with Crippen LogP contribution in [0.25, 0.3) is 0 Å². The first kappa shape index (κ1) is 15.0. The Kier molecular flexibility index (Phi) is 5.31. The minimum absolute atomic E-state index is 0.109. The van der Waals surface area contributed by atoms with Crippen LogP contribution in [-0.2, 0) is 4.74 Å². The van der Waals surface area contributed by atoms with Crippen LogP contribution in [0, 0.1) is 17.1 Å². The number of benzene rings is 1. The molecule has 0 fully saturated rings. The van der Waals surface area contributed by atoms with Gasteiger partial charge in [-0.25, -0.2) is 9.18 Å². The Morgan fingerprint density at radius 1 is 1.53 bits per heavy atom. The lowest BCUT2D eigenvalue weighted by atomic mass is 10.1. The van der Waals surface area contributed by atoms with Crippen molar-refractivity contribution in [3.63, 3.8) is 0 Å². The highest BCUT2D eigenvalue weighted by molar-refractivity contribution is 5.90. The molecule has 0 saturated heterocycles. The fourth-order valence-electron chi connectivity index (χ4n) is 1.53. The third kappa shape index (κ3) is 3.95. The van der Waals surface area contributed by atoms with Crippen LogP contribution in [0.5, 0.6) is 0 Å². The summed E-state index contributed by atoms with van der Waals surface area (Å²) in [5, 5.41) is 8.58. The van der Waals surface area contributed by atoms with Gasteiger partial charge >= 0.3 is 5.97 Å². The first-order chi connectivity index (χ1) is 8.99. The van der Waals surface area contributed by atoms with Gasteiger partial charge < -0.3 is 9.64 Å². The number of rotatable bonds is 5. The molecule has 1 aromatic carbocycles. The van der Waals surface area contributed by atoms with Crippen LogP contribution in [0.3, 0.4) is 0 Å². The van der Waals surface area contributed by atoms with Crippen LogP contribution >= 0.6 is 0 Å². The number of nitrogens with zero attached hydrogens (tertiary/aromatic N) is 2. The standard InChI is InChI=1S/C14H17FN2O2/c1-4-11(7-8-16)19-14(18)12-6-5-10(17(2)3)9-13(12)15/h5-6,9,11H,4,7H2,1-3H3/t11-/m1/s1. The molecule has 0 heterocycles. The number of hydrogen-bond donors (Lipinski definition) is 0. The second kappa shape index (κ2) is 6.74. The number of esters is 1. The summed E-state index contributed by atoms with van der Waals surface area (Å²) in [5.41, 5.74) is 0.556. The molecule has 5 heteroatoms. The van der Waals surface area contributed by atoms with E-state index in [1.165, 1.54) is 12.1 Å². The molecule has 0 aromatic heterocycles. The fraction of sp³-hybridized carbons (Fsp3) is 0.429. The third-order valence-electron chi connectivity index (χ3n) is 2.74. The second-order valence-corrected chi connectivity index (χ2v) is 4.36. The van der Waals surface area contributed by atoms with E-state index in [4.69, 9.17) is 10.00 Å². The number of carbonyl (C=O) groups is 1. The summed E-state index contributed by atoms with van der Waals surface area (Å²) in [4.78, 5) is 13.5. The molecule has 0 bridgehead atoms. The van der Waals surface area contributed by atoms with E-state index in [-0.39, 0.29) is 12.0 Å². The SMILES string of the molecule is CC[C@H](CC#N)OC(=O)c1ccc(N(C)C)cc1F. The highest BCUT2D eigenvalue weighted by atomic mass is 19.1. The minimum Gasteiger partial charge on any atom is -0.458 e. The van der Waals surface area contributed by atoms with E-state index in [1.807, 2.05) is 6.07 Å². The van der Waals surface area contributed by atoms with Gasteiger partial charge in [-0.1, -0.05) is 6.92 Å². The molecular weight excluding hydrogens is 247 g/mol. The molecular formula is C14H17FN2O2. The zero-order valence-corrected chi connectivity index (χ0v) is 11.3. The number of nitriles is 1. The van der Waals surface area contributed by atoms with Crippen LogP contribution in [0.15, 0.2) is 18.2 Å². The molecule has 0 spiro atoms. The Labute approximate surface area is 112 Å². The monoisotopic (exact) mass is 264 g/mol. The highest BCUT2D eigenvalue weighted by Gasteiger charge is 2.18. The maximum atomic E-state index is 13.8. The first-order valence-electron chi connectivity index (χ1n) is 6.04. The number of ether oxygens (including phenoxy) is 1. The minimum atomic E-state index is -0.732. The molecule has 0 aliphatic rings. The molecule has 1 aromatic rings. The third-order valence-corrected chi connectivity index (χ3v) is 2.74. The van der Waals surface area contributed by atoms with Crippen LogP contribution in [-0.4, -0.2) is 26.2 Å². The lowest BCUT2D eigenvalue weighted by molar-refractivity contribution is 0.0298. The summed E-state index contributed by atoms with van der Waals surface area (Å²) >= 11 is 0. The molecule has 0 N–H and O–H groups in total. The highest BCUT2D eigenvalue weighted by Crippen LogP contribution is 2.18. The molecule has 1 atom stereocenters. The molecule has 19 heavy (non-hydrogen) atoms. The summed E-state index contributed by atoms with van der Waals surface area (Å²) in [5.74, 6) is -1.35. The topological polar surface area (TPSA) is 53.3 Å². The molecule has 102 valence electrons. The van der Waals surface area contributed by atoms with Crippen molar-refractivity contribution in [1.82, 2.24) is 0 Å². The van der Waals surface area contributed by atoms with E-state index in [0.717, 1.165) is 0 Å². The van der Waals surface area contributed by atoms with Crippen molar-refractivity contribution in [1.29, 1.82) is 5.26 Å². The largest absolute Gasteiger partial charge is 0.458 e. The summed E-state index contributed by atoms with van der Waals surface area (Å²) < 4.78 is 18.9. The predicted molar refractivity (Wildman–Crippen MR) is 70.5 cm³/mol. The number of anilines is 1. The van der Waals surface area contributed by atoms with Crippen LogP contribution in [0.1, 0.15) is 30.1 Å². The molecule has 0 aliphatic carbocycles. The summed E-state index contributed by atoms with van der Waals surface area (Å²) in [6, 6.07) is 6.25. The van der Waals surface area contributed by atoms with Crippen molar-refractivity contribution in [3.8, 4) is 6.07 Å². The van der Waals surface area contributed by atoms with Crippen molar-refractivity contribution in [2.75, 3.05) is 19.0 Å². The lowest BCUT2D eigenvalue weighted by Crippen LogP contribution is -2.18. The quantitative estimate of drug-likeness (QED) is 0.767. The predicted octanol–water partition coefficient (Wildman–Crippen LogP) is 2.74. The Bertz CT molecular complexity index is 495. The molecule has 0 amide bonds. The maximum Gasteiger partial charge on any atom is 0.341 e. The van der Waals surface area contributed by atoms with E-state index in [2.05, 4.69) is 0 Å². The molecule has 0 unspecified atom stereocenters. The lowest BCUT2D eigenvalue weighted by Gasteiger charge is -2.15. The molecule has 0 saturated carbocycles. The molecule has 4 nitrogen and oxygen atoms in total. The van der Waals surface area contributed by atoms with Gasteiger partial charge in [0.1, 0.15) is 11.9 Å². The van der Waals surface area contributed by atoms with Crippen molar-refractivity contribution < 1.29 is 13.9 Å². The van der Waals surface area contributed by atoms with Gasteiger partial charge in [-0.15, -0.1) is 0 Å². The number of carbonyl (C=O) groups excluding carboxylic acids is 1. The van der Waals surface area contributed by atoms with Gasteiger partial charge in [0.25, 0.3) is 0 Å². The van der Waals surface area contributed by atoms with Gasteiger partial charge in [0.05, 0.1) is 18.1 Å². The average Bonchev–Trinajstić information content (AvgIpc) is 2.37. The molecule has 0 aliphatic heterocycles.